The minimum absolute atomic E-state index is 0.459. The fraction of sp³-hybridized carbons (Fsp3) is 0.357. The molecule has 1 atom stereocenters. The molecule has 1 aromatic heterocycles. The Labute approximate surface area is 119 Å². The normalized spacial score (nSPS) is 18.7. The first-order valence-electron chi connectivity index (χ1n) is 6.24. The van der Waals surface area contributed by atoms with E-state index < -0.39 is 0 Å². The lowest BCUT2D eigenvalue weighted by Crippen LogP contribution is -2.17. The first-order valence-corrected chi connectivity index (χ1v) is 7.85. The van der Waals surface area contributed by atoms with Crippen molar-refractivity contribution in [1.29, 1.82) is 0 Å². The van der Waals surface area contributed by atoms with Crippen LogP contribution in [0.25, 0.3) is 10.6 Å². The molecule has 3 rings (SSSR count). The summed E-state index contributed by atoms with van der Waals surface area (Å²) in [6.45, 7) is 0.714. The minimum Gasteiger partial charge on any atom is -0.330 e. The van der Waals surface area contributed by atoms with Crippen LogP contribution in [0.15, 0.2) is 28.7 Å². The van der Waals surface area contributed by atoms with E-state index in [0.29, 0.717) is 12.5 Å². The summed E-state index contributed by atoms with van der Waals surface area (Å²) >= 11 is 5.43. The van der Waals surface area contributed by atoms with Crippen molar-refractivity contribution in [2.45, 2.75) is 25.2 Å². The molecule has 0 aliphatic heterocycles. The molecule has 2 nitrogen and oxygen atoms in total. The molecule has 1 aliphatic rings. The smallest absolute Gasteiger partial charge is 0.125 e. The predicted octanol–water partition coefficient (Wildman–Crippen LogP) is 3.95. The number of benzene rings is 1. The van der Waals surface area contributed by atoms with Crippen LogP contribution in [0.4, 0.5) is 0 Å². The van der Waals surface area contributed by atoms with Crippen molar-refractivity contribution >= 4 is 27.3 Å². The third-order valence-corrected chi connectivity index (χ3v) is 5.32. The summed E-state index contributed by atoms with van der Waals surface area (Å²) in [7, 11) is 0. The molecule has 4 heteroatoms. The number of halogens is 1. The van der Waals surface area contributed by atoms with Crippen molar-refractivity contribution in [3.63, 3.8) is 0 Å². The maximum absolute atomic E-state index is 5.85. The number of nitrogens with two attached hydrogens (primary N) is 1. The maximum atomic E-state index is 5.85. The van der Waals surface area contributed by atoms with Gasteiger partial charge in [0.1, 0.15) is 5.01 Å². The standard InChI is InChI=1S/C14H15BrN2S/c15-11-6-2-1-5-10(11)14-17-13-9(8-16)4-3-7-12(13)18-14/h1-2,5-6,9H,3-4,7-8,16H2. The van der Waals surface area contributed by atoms with Gasteiger partial charge in [-0.15, -0.1) is 11.3 Å². The van der Waals surface area contributed by atoms with Gasteiger partial charge in [-0.05, 0) is 25.3 Å². The molecule has 0 saturated heterocycles. The summed E-state index contributed by atoms with van der Waals surface area (Å²) in [5, 5.41) is 1.12. The fourth-order valence-corrected chi connectivity index (χ4v) is 4.32. The topological polar surface area (TPSA) is 38.9 Å². The van der Waals surface area contributed by atoms with Crippen molar-refractivity contribution in [2.24, 2.45) is 5.73 Å². The Morgan fingerprint density at radius 2 is 2.22 bits per heavy atom. The van der Waals surface area contributed by atoms with E-state index in [4.69, 9.17) is 10.7 Å². The number of fused-ring (bicyclic) bond motifs is 1. The molecule has 1 heterocycles. The van der Waals surface area contributed by atoms with Gasteiger partial charge in [-0.2, -0.15) is 0 Å². The SMILES string of the molecule is NCC1CCCc2sc(-c3ccccc3Br)nc21. The summed E-state index contributed by atoms with van der Waals surface area (Å²) < 4.78 is 1.11. The average Bonchev–Trinajstić information content (AvgIpc) is 2.82. The van der Waals surface area contributed by atoms with Crippen LogP contribution in [0.1, 0.15) is 29.3 Å². The number of thiazole rings is 1. The van der Waals surface area contributed by atoms with Crippen LogP contribution in [-0.4, -0.2) is 11.5 Å². The van der Waals surface area contributed by atoms with Crippen LogP contribution in [0, 0.1) is 0 Å². The first kappa shape index (κ1) is 12.3. The molecule has 0 spiro atoms. The Hall–Kier alpha value is -0.710. The monoisotopic (exact) mass is 322 g/mol. The number of hydrogen-bond acceptors (Lipinski definition) is 3. The number of hydrogen-bond donors (Lipinski definition) is 1. The Kier molecular flexibility index (Phi) is 3.50. The van der Waals surface area contributed by atoms with E-state index in [1.165, 1.54) is 29.0 Å². The number of aromatic nitrogens is 1. The van der Waals surface area contributed by atoms with E-state index in [9.17, 15) is 0 Å². The first-order chi connectivity index (χ1) is 8.79. The maximum Gasteiger partial charge on any atom is 0.125 e. The lowest BCUT2D eigenvalue weighted by atomic mass is 9.91. The molecule has 0 amide bonds. The summed E-state index contributed by atoms with van der Waals surface area (Å²) in [6, 6.07) is 8.27. The van der Waals surface area contributed by atoms with Crippen LogP contribution >= 0.6 is 27.3 Å². The van der Waals surface area contributed by atoms with Gasteiger partial charge in [-0.3, -0.25) is 0 Å². The van der Waals surface area contributed by atoms with Gasteiger partial charge < -0.3 is 5.73 Å². The zero-order valence-corrected chi connectivity index (χ0v) is 12.4. The average molecular weight is 323 g/mol. The van der Waals surface area contributed by atoms with Gasteiger partial charge in [-0.25, -0.2) is 4.98 Å². The van der Waals surface area contributed by atoms with Crippen LogP contribution in [0.3, 0.4) is 0 Å². The Bertz CT molecular complexity index is 565. The van der Waals surface area contributed by atoms with Crippen molar-refractivity contribution in [3.8, 4) is 10.6 Å². The highest BCUT2D eigenvalue weighted by Crippen LogP contribution is 2.39. The summed E-state index contributed by atoms with van der Waals surface area (Å²) in [4.78, 5) is 6.28. The van der Waals surface area contributed by atoms with E-state index in [2.05, 4.69) is 34.1 Å². The van der Waals surface area contributed by atoms with Gasteiger partial charge in [-0.1, -0.05) is 34.1 Å². The van der Waals surface area contributed by atoms with Gasteiger partial charge in [0.05, 0.1) is 5.69 Å². The molecule has 2 aromatic rings. The lowest BCUT2D eigenvalue weighted by molar-refractivity contribution is 0.554. The van der Waals surface area contributed by atoms with Gasteiger partial charge in [0, 0.05) is 27.4 Å². The minimum atomic E-state index is 0.459. The highest BCUT2D eigenvalue weighted by molar-refractivity contribution is 9.10. The second kappa shape index (κ2) is 5.11. The van der Waals surface area contributed by atoms with Crippen LogP contribution in [0.2, 0.25) is 0 Å². The Morgan fingerprint density at radius 1 is 1.39 bits per heavy atom. The molecule has 2 N–H and O–H groups in total. The quantitative estimate of drug-likeness (QED) is 0.909. The summed E-state index contributed by atoms with van der Waals surface area (Å²) in [5.74, 6) is 0.459. The Morgan fingerprint density at radius 3 is 3.00 bits per heavy atom. The van der Waals surface area contributed by atoms with Crippen LogP contribution in [0.5, 0.6) is 0 Å². The summed E-state index contributed by atoms with van der Waals surface area (Å²) in [6.07, 6.45) is 3.59. The molecule has 1 aliphatic carbocycles. The zero-order valence-electron chi connectivity index (χ0n) is 10.0. The van der Waals surface area contributed by atoms with E-state index >= 15 is 0 Å². The fourth-order valence-electron chi connectivity index (χ4n) is 2.49. The van der Waals surface area contributed by atoms with Gasteiger partial charge >= 0.3 is 0 Å². The zero-order chi connectivity index (χ0) is 12.5. The number of rotatable bonds is 2. The molecule has 94 valence electrons. The third-order valence-electron chi connectivity index (χ3n) is 3.46. The largest absolute Gasteiger partial charge is 0.330 e. The van der Waals surface area contributed by atoms with Crippen molar-refractivity contribution < 1.29 is 0 Å². The Balaban J connectivity index is 2.05. The molecular weight excluding hydrogens is 308 g/mol. The van der Waals surface area contributed by atoms with E-state index in [1.54, 1.807) is 0 Å². The second-order valence-corrected chi connectivity index (χ2v) is 6.57. The number of nitrogens with zero attached hydrogens (tertiary/aromatic N) is 1. The van der Waals surface area contributed by atoms with Gasteiger partial charge in [0.25, 0.3) is 0 Å². The summed E-state index contributed by atoms with van der Waals surface area (Å²) in [5.41, 5.74) is 8.29. The number of aryl methyl sites for hydroxylation is 1. The molecule has 0 bridgehead atoms. The predicted molar refractivity (Wildman–Crippen MR) is 80.0 cm³/mol. The van der Waals surface area contributed by atoms with Gasteiger partial charge in [0.2, 0.25) is 0 Å². The molecular formula is C14H15BrN2S. The molecule has 0 saturated carbocycles. The third kappa shape index (κ3) is 2.13. The van der Waals surface area contributed by atoms with Crippen molar-refractivity contribution in [1.82, 2.24) is 4.98 Å². The van der Waals surface area contributed by atoms with E-state index in [0.717, 1.165) is 15.9 Å². The molecule has 0 radical (unpaired) electrons. The highest BCUT2D eigenvalue weighted by atomic mass is 79.9. The molecule has 18 heavy (non-hydrogen) atoms. The lowest BCUT2D eigenvalue weighted by Gasteiger charge is -2.18. The van der Waals surface area contributed by atoms with Crippen molar-refractivity contribution in [3.05, 3.63) is 39.3 Å². The van der Waals surface area contributed by atoms with Crippen molar-refractivity contribution in [2.75, 3.05) is 6.54 Å². The van der Waals surface area contributed by atoms with Crippen LogP contribution in [-0.2, 0) is 6.42 Å². The van der Waals surface area contributed by atoms with E-state index in [-0.39, 0.29) is 0 Å². The van der Waals surface area contributed by atoms with Crippen LogP contribution < -0.4 is 5.73 Å². The highest BCUT2D eigenvalue weighted by Gasteiger charge is 2.24. The van der Waals surface area contributed by atoms with E-state index in [1.807, 2.05) is 17.4 Å². The van der Waals surface area contributed by atoms with Gasteiger partial charge in [0.15, 0.2) is 0 Å². The molecule has 1 aromatic carbocycles. The molecule has 0 fully saturated rings. The second-order valence-electron chi connectivity index (χ2n) is 4.63. The molecule has 1 unspecified atom stereocenters.